The minimum atomic E-state index is -0.242. The van der Waals surface area contributed by atoms with Crippen LogP contribution in [-0.4, -0.2) is 0 Å². The van der Waals surface area contributed by atoms with E-state index < -0.39 is 0 Å². The molecule has 1 heterocycles. The number of hydrogen-bond donors (Lipinski definition) is 1. The Kier molecular flexibility index (Phi) is 3.29. The Balaban J connectivity index is 2.07. The molecular weight excluding hydrogens is 273 g/mol. The fourth-order valence-corrected chi connectivity index (χ4v) is 1.75. The third-order valence-electron chi connectivity index (χ3n) is 2.28. The number of nitrogens with one attached hydrogen (secondary N) is 1. The molecule has 0 aliphatic heterocycles. The van der Waals surface area contributed by atoms with Crippen molar-refractivity contribution >= 4 is 21.6 Å². The van der Waals surface area contributed by atoms with E-state index >= 15 is 0 Å². The summed E-state index contributed by atoms with van der Waals surface area (Å²) in [5.41, 5.74) is 1.79. The van der Waals surface area contributed by atoms with E-state index in [1.165, 1.54) is 12.1 Å². The summed E-state index contributed by atoms with van der Waals surface area (Å²) in [4.78, 5) is 0. The van der Waals surface area contributed by atoms with Crippen molar-refractivity contribution in [2.24, 2.45) is 0 Å². The molecule has 0 aliphatic carbocycles. The van der Waals surface area contributed by atoms with Gasteiger partial charge in [0.15, 0.2) is 4.67 Å². The van der Waals surface area contributed by atoms with Crippen molar-refractivity contribution in [3.05, 3.63) is 52.1 Å². The second-order valence-corrected chi connectivity index (χ2v) is 4.30. The second-order valence-electron chi connectivity index (χ2n) is 3.52. The minimum absolute atomic E-state index is 0.242. The fourth-order valence-electron chi connectivity index (χ4n) is 1.41. The molecule has 1 aromatic carbocycles. The number of benzene rings is 1. The van der Waals surface area contributed by atoms with Gasteiger partial charge in [0.1, 0.15) is 11.6 Å². The molecule has 2 aromatic rings. The zero-order valence-corrected chi connectivity index (χ0v) is 10.3. The Morgan fingerprint density at radius 1 is 1.31 bits per heavy atom. The average Bonchev–Trinajstić information content (AvgIpc) is 2.66. The Morgan fingerprint density at radius 3 is 2.81 bits per heavy atom. The van der Waals surface area contributed by atoms with E-state index in [1.807, 2.05) is 19.1 Å². The van der Waals surface area contributed by atoms with Crippen LogP contribution in [0.1, 0.15) is 11.3 Å². The van der Waals surface area contributed by atoms with Crippen LogP contribution in [0.15, 0.2) is 39.4 Å². The van der Waals surface area contributed by atoms with Gasteiger partial charge < -0.3 is 9.73 Å². The molecule has 0 spiro atoms. The third-order valence-corrected chi connectivity index (χ3v) is 2.71. The molecule has 0 radical (unpaired) electrons. The summed E-state index contributed by atoms with van der Waals surface area (Å²) in [6.07, 6.45) is 0. The first kappa shape index (κ1) is 11.2. The molecule has 2 rings (SSSR count). The molecule has 1 N–H and O–H groups in total. The molecule has 0 atom stereocenters. The lowest BCUT2D eigenvalue weighted by molar-refractivity contribution is 0.495. The van der Waals surface area contributed by atoms with Gasteiger partial charge in [-0.15, -0.1) is 0 Å². The molecule has 0 aliphatic rings. The SMILES string of the molecule is Cc1ccc(F)cc1NCc1ccc(Br)o1. The molecule has 16 heavy (non-hydrogen) atoms. The summed E-state index contributed by atoms with van der Waals surface area (Å²) in [6, 6.07) is 8.37. The minimum Gasteiger partial charge on any atom is -0.452 e. The Labute approximate surface area is 102 Å². The lowest BCUT2D eigenvalue weighted by atomic mass is 10.2. The highest BCUT2D eigenvalue weighted by atomic mass is 79.9. The van der Waals surface area contributed by atoms with Gasteiger partial charge in [-0.3, -0.25) is 0 Å². The highest BCUT2D eigenvalue weighted by Gasteiger charge is 2.02. The van der Waals surface area contributed by atoms with Crippen molar-refractivity contribution in [3.63, 3.8) is 0 Å². The number of halogens is 2. The molecule has 0 fully saturated rings. The largest absolute Gasteiger partial charge is 0.452 e. The van der Waals surface area contributed by atoms with Crippen molar-refractivity contribution in [1.29, 1.82) is 0 Å². The highest BCUT2D eigenvalue weighted by Crippen LogP contribution is 2.19. The van der Waals surface area contributed by atoms with Gasteiger partial charge in [0.25, 0.3) is 0 Å². The topological polar surface area (TPSA) is 25.2 Å². The maximum atomic E-state index is 13.0. The van der Waals surface area contributed by atoms with E-state index in [4.69, 9.17) is 4.42 Å². The van der Waals surface area contributed by atoms with Crippen LogP contribution < -0.4 is 5.32 Å². The zero-order valence-electron chi connectivity index (χ0n) is 8.76. The van der Waals surface area contributed by atoms with Crippen LogP contribution in [0.3, 0.4) is 0 Å². The summed E-state index contributed by atoms with van der Waals surface area (Å²) in [5.74, 6) is 0.560. The lowest BCUT2D eigenvalue weighted by Crippen LogP contribution is -2.00. The molecular formula is C12H11BrFNO. The van der Waals surface area contributed by atoms with Crippen LogP contribution in [0.4, 0.5) is 10.1 Å². The van der Waals surface area contributed by atoms with Gasteiger partial charge in [0.2, 0.25) is 0 Å². The van der Waals surface area contributed by atoms with Gasteiger partial charge in [-0.05, 0) is 52.7 Å². The van der Waals surface area contributed by atoms with Crippen LogP contribution in [0, 0.1) is 12.7 Å². The van der Waals surface area contributed by atoms with Gasteiger partial charge in [0, 0.05) is 5.69 Å². The Hall–Kier alpha value is -1.29. The van der Waals surface area contributed by atoms with Crippen LogP contribution in [-0.2, 0) is 6.54 Å². The standard InChI is InChI=1S/C12H11BrFNO/c1-8-2-3-9(14)6-11(8)15-7-10-4-5-12(13)16-10/h2-6,15H,7H2,1H3. The van der Waals surface area contributed by atoms with Gasteiger partial charge in [-0.2, -0.15) is 0 Å². The lowest BCUT2D eigenvalue weighted by Gasteiger charge is -2.07. The number of aryl methyl sites for hydroxylation is 1. The monoisotopic (exact) mass is 283 g/mol. The zero-order chi connectivity index (χ0) is 11.5. The molecule has 4 heteroatoms. The maximum Gasteiger partial charge on any atom is 0.169 e. The number of anilines is 1. The second kappa shape index (κ2) is 4.70. The fraction of sp³-hybridized carbons (Fsp3) is 0.167. The van der Waals surface area contributed by atoms with Gasteiger partial charge in [-0.1, -0.05) is 6.07 Å². The van der Waals surface area contributed by atoms with E-state index in [9.17, 15) is 4.39 Å². The van der Waals surface area contributed by atoms with E-state index in [-0.39, 0.29) is 5.82 Å². The van der Waals surface area contributed by atoms with Crippen LogP contribution in [0.2, 0.25) is 0 Å². The summed E-state index contributed by atoms with van der Waals surface area (Å²) in [7, 11) is 0. The Morgan fingerprint density at radius 2 is 2.12 bits per heavy atom. The number of furan rings is 1. The summed E-state index contributed by atoms with van der Waals surface area (Å²) in [6.45, 7) is 2.47. The van der Waals surface area contributed by atoms with Crippen LogP contribution >= 0.6 is 15.9 Å². The van der Waals surface area contributed by atoms with E-state index in [0.717, 1.165) is 17.0 Å². The summed E-state index contributed by atoms with van der Waals surface area (Å²) in [5, 5.41) is 3.13. The van der Waals surface area contributed by atoms with Crippen molar-refractivity contribution in [2.75, 3.05) is 5.32 Å². The molecule has 0 amide bonds. The molecule has 0 saturated carbocycles. The maximum absolute atomic E-state index is 13.0. The first-order chi connectivity index (χ1) is 7.65. The van der Waals surface area contributed by atoms with Crippen LogP contribution in [0.25, 0.3) is 0 Å². The highest BCUT2D eigenvalue weighted by molar-refractivity contribution is 9.10. The summed E-state index contributed by atoms with van der Waals surface area (Å²) < 4.78 is 19.0. The molecule has 0 bridgehead atoms. The van der Waals surface area contributed by atoms with E-state index in [2.05, 4.69) is 21.2 Å². The molecule has 1 aromatic heterocycles. The van der Waals surface area contributed by atoms with E-state index in [0.29, 0.717) is 11.2 Å². The first-order valence-electron chi connectivity index (χ1n) is 4.89. The molecule has 84 valence electrons. The first-order valence-corrected chi connectivity index (χ1v) is 5.69. The van der Waals surface area contributed by atoms with Crippen molar-refractivity contribution in [3.8, 4) is 0 Å². The van der Waals surface area contributed by atoms with E-state index in [1.54, 1.807) is 6.07 Å². The Bertz CT molecular complexity index is 496. The number of rotatable bonds is 3. The van der Waals surface area contributed by atoms with Gasteiger partial charge in [-0.25, -0.2) is 4.39 Å². The molecule has 0 unspecified atom stereocenters. The molecule has 2 nitrogen and oxygen atoms in total. The number of hydrogen-bond acceptors (Lipinski definition) is 2. The predicted octanol–water partition coefficient (Wildman–Crippen LogP) is 4.10. The summed E-state index contributed by atoms with van der Waals surface area (Å²) >= 11 is 3.23. The smallest absolute Gasteiger partial charge is 0.169 e. The average molecular weight is 284 g/mol. The molecule has 0 saturated heterocycles. The quantitative estimate of drug-likeness (QED) is 0.917. The van der Waals surface area contributed by atoms with Crippen LogP contribution in [0.5, 0.6) is 0 Å². The van der Waals surface area contributed by atoms with Gasteiger partial charge in [0.05, 0.1) is 6.54 Å². The van der Waals surface area contributed by atoms with Crippen molar-refractivity contribution in [2.45, 2.75) is 13.5 Å². The third kappa shape index (κ3) is 2.64. The van der Waals surface area contributed by atoms with Crippen molar-refractivity contribution in [1.82, 2.24) is 0 Å². The van der Waals surface area contributed by atoms with Crippen molar-refractivity contribution < 1.29 is 8.81 Å². The normalized spacial score (nSPS) is 10.4. The van der Waals surface area contributed by atoms with Gasteiger partial charge >= 0.3 is 0 Å². The predicted molar refractivity (Wildman–Crippen MR) is 64.9 cm³/mol.